The molecule has 0 bridgehead atoms. The topological polar surface area (TPSA) is 35.8 Å². The fraction of sp³-hybridized carbons (Fsp3) is 0.133. The Hall–Kier alpha value is -2.49. The van der Waals surface area contributed by atoms with Gasteiger partial charge in [-0.2, -0.15) is 0 Å². The summed E-state index contributed by atoms with van der Waals surface area (Å²) in [6, 6.07) is 13.6. The van der Waals surface area contributed by atoms with Crippen LogP contribution in [0.15, 0.2) is 48.7 Å². The number of nitrogens with zero attached hydrogens (tertiary/aromatic N) is 2. The molecule has 0 atom stereocenters. The predicted octanol–water partition coefficient (Wildman–Crippen LogP) is 3.02. The SMILES string of the molecule is COc1ccccc1-c1cn2c(OC)cccc2n1. The van der Waals surface area contributed by atoms with Gasteiger partial charge < -0.3 is 9.47 Å². The minimum absolute atomic E-state index is 0.756. The van der Waals surface area contributed by atoms with Gasteiger partial charge in [0.15, 0.2) is 5.88 Å². The highest BCUT2D eigenvalue weighted by Gasteiger charge is 2.10. The molecule has 3 aromatic rings. The highest BCUT2D eigenvalue weighted by Crippen LogP contribution is 2.30. The van der Waals surface area contributed by atoms with E-state index in [9.17, 15) is 0 Å². The molecule has 0 aliphatic heterocycles. The normalized spacial score (nSPS) is 10.6. The molecule has 19 heavy (non-hydrogen) atoms. The number of aromatic nitrogens is 2. The first kappa shape index (κ1) is 11.6. The smallest absolute Gasteiger partial charge is 0.198 e. The van der Waals surface area contributed by atoms with E-state index in [0.717, 1.165) is 28.5 Å². The summed E-state index contributed by atoms with van der Waals surface area (Å²) in [4.78, 5) is 4.60. The van der Waals surface area contributed by atoms with Crippen LogP contribution < -0.4 is 9.47 Å². The maximum absolute atomic E-state index is 5.37. The van der Waals surface area contributed by atoms with E-state index < -0.39 is 0 Å². The van der Waals surface area contributed by atoms with E-state index in [1.165, 1.54) is 0 Å². The lowest BCUT2D eigenvalue weighted by Gasteiger charge is -2.04. The largest absolute Gasteiger partial charge is 0.496 e. The average molecular weight is 254 g/mol. The summed E-state index contributed by atoms with van der Waals surface area (Å²) in [7, 11) is 3.31. The van der Waals surface area contributed by atoms with Crippen molar-refractivity contribution >= 4 is 5.65 Å². The maximum Gasteiger partial charge on any atom is 0.198 e. The summed E-state index contributed by atoms with van der Waals surface area (Å²) in [6.45, 7) is 0. The summed E-state index contributed by atoms with van der Waals surface area (Å²) in [5, 5.41) is 0. The minimum atomic E-state index is 0.756. The number of benzene rings is 1. The third-order valence-electron chi connectivity index (χ3n) is 3.05. The Kier molecular flexibility index (Phi) is 2.83. The van der Waals surface area contributed by atoms with Gasteiger partial charge in [-0.25, -0.2) is 4.98 Å². The van der Waals surface area contributed by atoms with Crippen molar-refractivity contribution in [3.63, 3.8) is 0 Å². The molecule has 0 aliphatic carbocycles. The average Bonchev–Trinajstić information content (AvgIpc) is 2.90. The summed E-state index contributed by atoms with van der Waals surface area (Å²) in [5.41, 5.74) is 2.68. The lowest BCUT2D eigenvalue weighted by atomic mass is 10.1. The van der Waals surface area contributed by atoms with Crippen LogP contribution in [0.1, 0.15) is 0 Å². The number of para-hydroxylation sites is 1. The number of hydrogen-bond donors (Lipinski definition) is 0. The molecule has 0 N–H and O–H groups in total. The van der Waals surface area contributed by atoms with Gasteiger partial charge in [0.1, 0.15) is 11.4 Å². The second kappa shape index (κ2) is 4.65. The number of pyridine rings is 1. The molecule has 1 aromatic carbocycles. The number of fused-ring (bicyclic) bond motifs is 1. The highest BCUT2D eigenvalue weighted by atomic mass is 16.5. The number of ether oxygens (including phenoxy) is 2. The summed E-state index contributed by atoms with van der Waals surface area (Å²) < 4.78 is 12.6. The summed E-state index contributed by atoms with van der Waals surface area (Å²) in [6.07, 6.45) is 1.95. The third kappa shape index (κ3) is 1.91. The molecule has 2 aromatic heterocycles. The van der Waals surface area contributed by atoms with Crippen LogP contribution in [0.4, 0.5) is 0 Å². The van der Waals surface area contributed by atoms with Crippen molar-refractivity contribution in [1.82, 2.24) is 9.38 Å². The Morgan fingerprint density at radius 3 is 2.58 bits per heavy atom. The fourth-order valence-corrected chi connectivity index (χ4v) is 2.14. The van der Waals surface area contributed by atoms with Crippen LogP contribution >= 0.6 is 0 Å². The first-order valence-electron chi connectivity index (χ1n) is 5.99. The predicted molar refractivity (Wildman–Crippen MR) is 73.7 cm³/mol. The van der Waals surface area contributed by atoms with Crippen LogP contribution in [-0.2, 0) is 0 Å². The zero-order chi connectivity index (χ0) is 13.2. The van der Waals surface area contributed by atoms with Crippen molar-refractivity contribution in [2.45, 2.75) is 0 Å². The third-order valence-corrected chi connectivity index (χ3v) is 3.05. The first-order valence-corrected chi connectivity index (χ1v) is 5.99. The molecular weight excluding hydrogens is 240 g/mol. The van der Waals surface area contributed by atoms with Crippen molar-refractivity contribution in [3.8, 4) is 22.9 Å². The fourth-order valence-electron chi connectivity index (χ4n) is 2.14. The van der Waals surface area contributed by atoms with E-state index in [-0.39, 0.29) is 0 Å². The Morgan fingerprint density at radius 1 is 0.947 bits per heavy atom. The van der Waals surface area contributed by atoms with Crippen LogP contribution in [0.3, 0.4) is 0 Å². The van der Waals surface area contributed by atoms with Crippen molar-refractivity contribution in [2.24, 2.45) is 0 Å². The molecule has 0 aliphatic rings. The van der Waals surface area contributed by atoms with E-state index >= 15 is 0 Å². The second-order valence-corrected chi connectivity index (χ2v) is 4.12. The van der Waals surface area contributed by atoms with Crippen molar-refractivity contribution < 1.29 is 9.47 Å². The quantitative estimate of drug-likeness (QED) is 0.720. The molecule has 0 amide bonds. The number of imidazole rings is 1. The molecule has 0 spiro atoms. The van der Waals surface area contributed by atoms with Crippen LogP contribution in [0.2, 0.25) is 0 Å². The van der Waals surface area contributed by atoms with Gasteiger partial charge in [0.05, 0.1) is 19.9 Å². The number of rotatable bonds is 3. The Bertz CT molecular complexity index is 719. The van der Waals surface area contributed by atoms with Gasteiger partial charge in [-0.3, -0.25) is 4.40 Å². The van der Waals surface area contributed by atoms with Gasteiger partial charge in [-0.1, -0.05) is 18.2 Å². The maximum atomic E-state index is 5.37. The molecule has 0 saturated heterocycles. The van der Waals surface area contributed by atoms with E-state index in [1.54, 1.807) is 14.2 Å². The number of hydrogen-bond acceptors (Lipinski definition) is 3. The second-order valence-electron chi connectivity index (χ2n) is 4.12. The van der Waals surface area contributed by atoms with Gasteiger partial charge in [0.2, 0.25) is 0 Å². The van der Waals surface area contributed by atoms with Gasteiger partial charge in [0, 0.05) is 11.8 Å². The van der Waals surface area contributed by atoms with Crippen molar-refractivity contribution in [3.05, 3.63) is 48.7 Å². The summed E-state index contributed by atoms with van der Waals surface area (Å²) in [5.74, 6) is 1.57. The molecule has 3 rings (SSSR count). The summed E-state index contributed by atoms with van der Waals surface area (Å²) >= 11 is 0. The minimum Gasteiger partial charge on any atom is -0.496 e. The van der Waals surface area contributed by atoms with Gasteiger partial charge in [-0.05, 0) is 24.3 Å². The standard InChI is InChI=1S/C15H14N2O2/c1-18-13-7-4-3-6-11(13)12-10-17-14(16-12)8-5-9-15(17)19-2/h3-10H,1-2H3. The Balaban J connectivity index is 2.21. The van der Waals surface area contributed by atoms with E-state index in [4.69, 9.17) is 9.47 Å². The molecule has 0 fully saturated rings. The Labute approximate surface area is 111 Å². The zero-order valence-electron chi connectivity index (χ0n) is 10.8. The van der Waals surface area contributed by atoms with Crippen molar-refractivity contribution in [1.29, 1.82) is 0 Å². The molecule has 4 heteroatoms. The lowest BCUT2D eigenvalue weighted by Crippen LogP contribution is -1.91. The van der Waals surface area contributed by atoms with Crippen LogP contribution in [0, 0.1) is 0 Å². The Morgan fingerprint density at radius 2 is 1.79 bits per heavy atom. The molecule has 0 unspecified atom stereocenters. The van der Waals surface area contributed by atoms with E-state index in [1.807, 2.05) is 53.1 Å². The molecule has 96 valence electrons. The van der Waals surface area contributed by atoms with E-state index in [2.05, 4.69) is 4.98 Å². The lowest BCUT2D eigenvalue weighted by molar-refractivity contribution is 0.392. The van der Waals surface area contributed by atoms with Crippen LogP contribution in [0.5, 0.6) is 11.6 Å². The van der Waals surface area contributed by atoms with Crippen LogP contribution in [0.25, 0.3) is 16.9 Å². The van der Waals surface area contributed by atoms with Crippen LogP contribution in [-0.4, -0.2) is 23.6 Å². The van der Waals surface area contributed by atoms with Gasteiger partial charge in [0.25, 0.3) is 0 Å². The monoisotopic (exact) mass is 254 g/mol. The molecular formula is C15H14N2O2. The van der Waals surface area contributed by atoms with Gasteiger partial charge >= 0.3 is 0 Å². The molecule has 0 radical (unpaired) electrons. The van der Waals surface area contributed by atoms with Gasteiger partial charge in [-0.15, -0.1) is 0 Å². The molecule has 2 heterocycles. The van der Waals surface area contributed by atoms with Crippen molar-refractivity contribution in [2.75, 3.05) is 14.2 Å². The molecule has 0 saturated carbocycles. The number of methoxy groups -OCH3 is 2. The van der Waals surface area contributed by atoms with E-state index in [0.29, 0.717) is 0 Å². The first-order chi connectivity index (χ1) is 9.33. The zero-order valence-corrected chi connectivity index (χ0v) is 10.8. The highest BCUT2D eigenvalue weighted by molar-refractivity contribution is 5.69. The molecule has 4 nitrogen and oxygen atoms in total.